The van der Waals surface area contributed by atoms with Crippen molar-refractivity contribution in [1.29, 1.82) is 0 Å². The van der Waals surface area contributed by atoms with Gasteiger partial charge in [-0.3, -0.25) is 4.79 Å². The normalized spacial score (nSPS) is 25.2. The number of rotatable bonds is 4. The molecule has 4 rings (SSSR count). The maximum absolute atomic E-state index is 12.3. The molecule has 3 heterocycles. The number of nitrogens with zero attached hydrogens (tertiary/aromatic N) is 2. The summed E-state index contributed by atoms with van der Waals surface area (Å²) in [4.78, 5) is 30.3. The minimum atomic E-state index is -1.38. The van der Waals surface area contributed by atoms with Crippen LogP contribution in [0.1, 0.15) is 13.8 Å². The maximum atomic E-state index is 12.3. The number of aliphatic hydroxyl groups excluding tert-OH is 1. The maximum Gasteiger partial charge on any atom is 1.00 e. The zero-order valence-corrected chi connectivity index (χ0v) is 18.6. The summed E-state index contributed by atoms with van der Waals surface area (Å²) >= 11 is 2.66. The van der Waals surface area contributed by atoms with E-state index in [0.29, 0.717) is 14.9 Å². The first-order valence-corrected chi connectivity index (χ1v) is 9.73. The summed E-state index contributed by atoms with van der Waals surface area (Å²) in [7, 11) is 0. The average molecular weight is 413 g/mol. The van der Waals surface area contributed by atoms with Gasteiger partial charge in [-0.1, -0.05) is 18.7 Å². The summed E-state index contributed by atoms with van der Waals surface area (Å²) < 4.78 is 1.59. The summed E-state index contributed by atoms with van der Waals surface area (Å²) in [5, 5.41) is 21.6. The van der Waals surface area contributed by atoms with Crippen molar-refractivity contribution >= 4 is 50.9 Å². The Morgan fingerprint density at radius 3 is 2.81 bits per heavy atom. The molecule has 27 heavy (non-hydrogen) atoms. The van der Waals surface area contributed by atoms with E-state index < -0.39 is 18.0 Å². The van der Waals surface area contributed by atoms with Crippen molar-refractivity contribution in [3.63, 3.8) is 0 Å². The molecule has 1 aromatic heterocycles. The Hall–Kier alpha value is -1.10. The van der Waals surface area contributed by atoms with Crippen molar-refractivity contribution in [3.8, 4) is 0 Å². The predicted molar refractivity (Wildman–Crippen MR) is 96.9 cm³/mol. The molecular weight excluding hydrogens is 397 g/mol. The minimum absolute atomic E-state index is 0. The Labute approximate surface area is 185 Å². The number of β-lactam (4-membered cyclic amide) rings is 1. The molecule has 0 spiro atoms. The Bertz CT molecular complexity index is 974. The van der Waals surface area contributed by atoms with Crippen LogP contribution in [0.15, 0.2) is 33.1 Å². The zero-order chi connectivity index (χ0) is 18.7. The number of carboxylic acid groups (broad SMARTS) is 1. The van der Waals surface area contributed by atoms with Crippen LogP contribution in [0.2, 0.25) is 0 Å². The minimum Gasteiger partial charge on any atom is -0.543 e. The zero-order valence-electron chi connectivity index (χ0n) is 15.0. The molecular formula is C17H16N3NaO4S2. The van der Waals surface area contributed by atoms with E-state index in [4.69, 9.17) is 5.73 Å². The fourth-order valence-corrected chi connectivity index (χ4v) is 6.09. The van der Waals surface area contributed by atoms with Gasteiger partial charge in [-0.15, -0.1) is 11.3 Å². The fourth-order valence-electron chi connectivity index (χ4n) is 3.71. The van der Waals surface area contributed by atoms with Gasteiger partial charge >= 0.3 is 29.6 Å². The molecule has 2 aromatic rings. The first-order chi connectivity index (χ1) is 12.3. The van der Waals surface area contributed by atoms with Crippen LogP contribution in [0, 0.1) is 11.8 Å². The van der Waals surface area contributed by atoms with Gasteiger partial charge in [-0.05, 0) is 25.1 Å². The number of aliphatic hydroxyl groups is 1. The van der Waals surface area contributed by atoms with E-state index in [1.807, 2.05) is 19.1 Å². The SMILES string of the molecule is C[C@@H](O)[C@H]1C(=O)N2C(C(=O)[O-])=C(Sc3nc4ccc(N)cc4s3)[C@H](C)[C@H]12.[Na+]. The van der Waals surface area contributed by atoms with E-state index in [2.05, 4.69) is 4.98 Å². The molecule has 0 aliphatic carbocycles. The number of thiazole rings is 1. The Balaban J connectivity index is 0.00000210. The summed E-state index contributed by atoms with van der Waals surface area (Å²) in [6.07, 6.45) is -0.830. The Morgan fingerprint density at radius 2 is 2.19 bits per heavy atom. The number of anilines is 1. The quantitative estimate of drug-likeness (QED) is 0.331. The molecule has 4 atom stereocenters. The first-order valence-electron chi connectivity index (χ1n) is 8.10. The molecule has 10 heteroatoms. The summed E-state index contributed by atoms with van der Waals surface area (Å²) in [5.41, 5.74) is 7.11. The number of nitrogen functional groups attached to an aromatic ring is 1. The predicted octanol–water partition coefficient (Wildman–Crippen LogP) is -2.21. The molecule has 1 saturated heterocycles. The standard InChI is InChI=1S/C17H17N3O4S2.Na/c1-6-12-11(7(2)21)15(22)20(12)13(16(23)24)14(6)26-17-19-9-4-3-8(18)5-10(9)25-17;/h3-7,11-12,21H,18H2,1-2H3,(H,23,24);/q;+1/p-1/t6-,7-,11-,12-;/m1./s1. The van der Waals surface area contributed by atoms with Crippen LogP contribution < -0.4 is 40.4 Å². The number of benzene rings is 1. The summed E-state index contributed by atoms with van der Waals surface area (Å²) in [6, 6.07) is 5.04. The third-order valence-corrected chi connectivity index (χ3v) is 7.26. The Morgan fingerprint density at radius 1 is 1.48 bits per heavy atom. The van der Waals surface area contributed by atoms with Crippen molar-refractivity contribution in [2.75, 3.05) is 5.73 Å². The number of aliphatic carboxylic acids is 1. The second kappa shape index (κ2) is 7.38. The number of hydrogen-bond acceptors (Lipinski definition) is 8. The second-order valence-corrected chi connectivity index (χ2v) is 8.88. The number of carboxylic acids is 1. The number of carbonyl (C=O) groups is 2. The number of nitrogens with two attached hydrogens (primary N) is 1. The van der Waals surface area contributed by atoms with Crippen LogP contribution in [-0.4, -0.2) is 39.0 Å². The van der Waals surface area contributed by atoms with Gasteiger partial charge in [0.2, 0.25) is 5.91 Å². The van der Waals surface area contributed by atoms with Gasteiger partial charge in [0, 0.05) is 16.5 Å². The summed E-state index contributed by atoms with van der Waals surface area (Å²) in [6.45, 7) is 3.41. The van der Waals surface area contributed by atoms with Gasteiger partial charge in [-0.2, -0.15) is 0 Å². The molecule has 0 bridgehead atoms. The third kappa shape index (κ3) is 3.20. The molecule has 2 aliphatic rings. The molecule has 0 radical (unpaired) electrons. The van der Waals surface area contributed by atoms with Crippen molar-refractivity contribution in [2.45, 2.75) is 30.3 Å². The van der Waals surface area contributed by atoms with Gasteiger partial charge < -0.3 is 25.6 Å². The van der Waals surface area contributed by atoms with Crippen molar-refractivity contribution in [3.05, 3.63) is 28.8 Å². The topological polar surface area (TPSA) is 120 Å². The van der Waals surface area contributed by atoms with Gasteiger partial charge in [0.1, 0.15) is 0 Å². The fraction of sp³-hybridized carbons (Fsp3) is 0.353. The molecule has 1 amide bonds. The molecule has 1 aromatic carbocycles. The summed E-state index contributed by atoms with van der Waals surface area (Å²) in [5.74, 6) is -2.57. The molecule has 136 valence electrons. The largest absolute Gasteiger partial charge is 1.00 e. The van der Waals surface area contributed by atoms with E-state index in [1.165, 1.54) is 28.0 Å². The van der Waals surface area contributed by atoms with Crippen LogP contribution in [-0.2, 0) is 9.59 Å². The average Bonchev–Trinajstić information content (AvgIpc) is 3.05. The van der Waals surface area contributed by atoms with Crippen LogP contribution in [0.3, 0.4) is 0 Å². The number of aromatic nitrogens is 1. The molecule has 7 nitrogen and oxygen atoms in total. The van der Waals surface area contributed by atoms with Gasteiger partial charge in [0.05, 0.1) is 39.9 Å². The van der Waals surface area contributed by atoms with Gasteiger partial charge in [-0.25, -0.2) is 4.98 Å². The molecule has 3 N–H and O–H groups in total. The van der Waals surface area contributed by atoms with Crippen molar-refractivity contribution < 1.29 is 49.4 Å². The molecule has 0 saturated carbocycles. The smallest absolute Gasteiger partial charge is 0.543 e. The van der Waals surface area contributed by atoms with Gasteiger partial charge in [0.25, 0.3) is 0 Å². The van der Waals surface area contributed by atoms with E-state index in [0.717, 1.165) is 10.2 Å². The van der Waals surface area contributed by atoms with Crippen molar-refractivity contribution in [1.82, 2.24) is 9.88 Å². The van der Waals surface area contributed by atoms with Gasteiger partial charge in [0.15, 0.2) is 4.34 Å². The Kier molecular flexibility index (Phi) is 5.64. The number of amides is 1. The van der Waals surface area contributed by atoms with E-state index in [9.17, 15) is 19.8 Å². The van der Waals surface area contributed by atoms with E-state index in [-0.39, 0.29) is 53.1 Å². The molecule has 1 fully saturated rings. The second-order valence-electron chi connectivity index (χ2n) is 6.56. The first kappa shape index (κ1) is 20.6. The third-order valence-electron chi connectivity index (χ3n) is 4.89. The molecule has 2 aliphatic heterocycles. The number of hydrogen-bond donors (Lipinski definition) is 2. The van der Waals surface area contributed by atoms with Crippen LogP contribution in [0.5, 0.6) is 0 Å². The van der Waals surface area contributed by atoms with E-state index >= 15 is 0 Å². The van der Waals surface area contributed by atoms with Crippen LogP contribution in [0.25, 0.3) is 10.2 Å². The molecule has 0 unspecified atom stereocenters. The number of fused-ring (bicyclic) bond motifs is 2. The number of carbonyl (C=O) groups excluding carboxylic acids is 2. The van der Waals surface area contributed by atoms with Crippen molar-refractivity contribution in [2.24, 2.45) is 11.8 Å². The van der Waals surface area contributed by atoms with Crippen LogP contribution in [0.4, 0.5) is 5.69 Å². The number of thioether (sulfide) groups is 1. The van der Waals surface area contributed by atoms with Crippen LogP contribution >= 0.6 is 23.1 Å². The monoisotopic (exact) mass is 413 g/mol. The van der Waals surface area contributed by atoms with E-state index in [1.54, 1.807) is 13.0 Å².